The number of aryl methyl sites for hydroxylation is 1. The van der Waals surface area contributed by atoms with E-state index in [1.54, 1.807) is 30.5 Å². The second kappa shape index (κ2) is 15.8. The molecule has 9 rings (SSSR count). The molecule has 0 spiro atoms. The van der Waals surface area contributed by atoms with Crippen LogP contribution in [0.15, 0.2) is 140 Å². The van der Waals surface area contributed by atoms with Gasteiger partial charge >= 0.3 is 0 Å². The Balaban J connectivity index is 1.31. The Morgan fingerprint density at radius 3 is 1.97 bits per heavy atom. The van der Waals surface area contributed by atoms with Crippen LogP contribution in [0.25, 0.3) is 61.6 Å². The highest BCUT2D eigenvalue weighted by atomic mass is 16.3. The number of pyridine rings is 1. The Labute approximate surface area is 389 Å². The largest absolute Gasteiger partial charge is 0.507 e. The summed E-state index contributed by atoms with van der Waals surface area (Å²) in [6, 6.07) is 43.0. The van der Waals surface area contributed by atoms with Crippen LogP contribution in [0.2, 0.25) is 0 Å². The van der Waals surface area contributed by atoms with Gasteiger partial charge in [-0.3, -0.25) is 9.55 Å². The van der Waals surface area contributed by atoms with Crippen LogP contribution in [0.5, 0.6) is 5.75 Å². The van der Waals surface area contributed by atoms with Crippen molar-refractivity contribution in [2.24, 2.45) is 0 Å². The van der Waals surface area contributed by atoms with Gasteiger partial charge in [-0.05, 0) is 139 Å². The van der Waals surface area contributed by atoms with Crippen LogP contribution in [0, 0.1) is 6.85 Å². The number of aromatic nitrogens is 3. The van der Waals surface area contributed by atoms with Crippen LogP contribution in [0.3, 0.4) is 0 Å². The first-order chi connectivity index (χ1) is 32.6. The van der Waals surface area contributed by atoms with Crippen LogP contribution in [0.4, 0.5) is 0 Å². The highest BCUT2D eigenvalue weighted by Crippen LogP contribution is 2.59. The van der Waals surface area contributed by atoms with E-state index in [-0.39, 0.29) is 16.7 Å². The van der Waals surface area contributed by atoms with Crippen LogP contribution in [-0.2, 0) is 16.2 Å². The third-order valence-corrected chi connectivity index (χ3v) is 13.5. The van der Waals surface area contributed by atoms with Gasteiger partial charge in [-0.25, -0.2) is 4.98 Å². The molecule has 0 aliphatic heterocycles. The number of fused-ring (bicyclic) bond motifs is 2. The van der Waals surface area contributed by atoms with Crippen LogP contribution < -0.4 is 0 Å². The smallest absolute Gasteiger partial charge is 0.149 e. The van der Waals surface area contributed by atoms with E-state index in [4.69, 9.17) is 16.8 Å². The number of rotatable bonds is 8. The van der Waals surface area contributed by atoms with E-state index in [1.165, 1.54) is 0 Å². The molecule has 1 aliphatic carbocycles. The SMILES string of the molecule is [2H]C([2H])([2H])c1cc2c(cc1-n1c(-c3ccccc3O)nc3c(-c4cc(-c5cc(-c6c(C([2H])(C)C)cccc6C([2H])(C)C)ccn5)cc(C(C)(C)C)c4)cccc31)C(C)(C)C([2H])(c1ccccc1)C2(C)C. The Hall–Kier alpha value is -6.26. The topological polar surface area (TPSA) is 50.9 Å². The number of phenols is 1. The zero-order valence-electron chi connectivity index (χ0n) is 45.1. The van der Waals surface area contributed by atoms with Gasteiger partial charge in [0, 0.05) is 31.4 Å². The van der Waals surface area contributed by atoms with Crippen molar-refractivity contribution in [2.45, 2.75) is 117 Å². The third-order valence-electron chi connectivity index (χ3n) is 13.5. The van der Waals surface area contributed by atoms with Crippen molar-refractivity contribution in [3.05, 3.63) is 179 Å². The van der Waals surface area contributed by atoms with E-state index in [1.807, 2.05) is 117 Å². The van der Waals surface area contributed by atoms with E-state index in [0.29, 0.717) is 28.1 Å². The van der Waals surface area contributed by atoms with Gasteiger partial charge in [0.05, 0.1) is 28.0 Å². The summed E-state index contributed by atoms with van der Waals surface area (Å²) in [4.78, 5) is 10.3. The summed E-state index contributed by atoms with van der Waals surface area (Å²) in [5, 5.41) is 11.6. The van der Waals surface area contributed by atoms with Gasteiger partial charge in [-0.1, -0.05) is 161 Å². The van der Waals surface area contributed by atoms with Gasteiger partial charge in [0.25, 0.3) is 0 Å². The number of aromatic hydroxyl groups is 1. The molecule has 1 unspecified atom stereocenters. The first-order valence-corrected chi connectivity index (χ1v) is 22.4. The molecule has 2 heterocycles. The van der Waals surface area contributed by atoms with Crippen molar-refractivity contribution in [2.75, 3.05) is 0 Å². The van der Waals surface area contributed by atoms with E-state index in [2.05, 4.69) is 72.7 Å². The molecule has 0 fully saturated rings. The molecule has 0 radical (unpaired) electrons. The Bertz CT molecular complexity index is 3310. The van der Waals surface area contributed by atoms with Gasteiger partial charge in [0.15, 0.2) is 0 Å². The van der Waals surface area contributed by atoms with Crippen molar-refractivity contribution < 1.29 is 13.3 Å². The van der Waals surface area contributed by atoms with Crippen LogP contribution >= 0.6 is 0 Å². The molecule has 1 aliphatic rings. The lowest BCUT2D eigenvalue weighted by Crippen LogP contribution is -2.31. The zero-order valence-corrected chi connectivity index (χ0v) is 39.1. The molecule has 1 atom stereocenters. The van der Waals surface area contributed by atoms with E-state index in [0.717, 1.165) is 66.9 Å². The standard InChI is InChI=1S/C60H63N3O/c1-36(2)44-23-18-24-45(37(3)4)54(44)40-28-29-61-50(34-40)42-31-41(32-43(33-42)58(6,7)8)46-25-19-26-51-55(46)62-57(47-22-16-17-27-53(47)64)63(51)52-35-49-48(30-38(52)5)59(9,10)56(60(49,11)12)39-20-14-13-15-21-39/h13-37,56,64H,1-12H3/i5D3,36D,37D,56D. The summed E-state index contributed by atoms with van der Waals surface area (Å²) in [5.41, 5.74) is 10.7. The highest BCUT2D eigenvalue weighted by molar-refractivity contribution is 5.97. The van der Waals surface area contributed by atoms with Crippen molar-refractivity contribution in [3.8, 4) is 56.3 Å². The molecule has 0 amide bonds. The number of nitrogens with zero attached hydrogens (tertiary/aromatic N) is 3. The van der Waals surface area contributed by atoms with E-state index >= 15 is 0 Å². The predicted octanol–water partition coefficient (Wildman–Crippen LogP) is 16.0. The average molecular weight is 848 g/mol. The summed E-state index contributed by atoms with van der Waals surface area (Å²) < 4.78 is 57.8. The molecule has 1 N–H and O–H groups in total. The summed E-state index contributed by atoms with van der Waals surface area (Å²) in [6.45, 7) is 19.7. The Kier molecular flexibility index (Phi) is 8.90. The molecule has 4 heteroatoms. The average Bonchev–Trinajstić information content (AvgIpc) is 3.73. The fourth-order valence-electron chi connectivity index (χ4n) is 10.4. The molecule has 0 bridgehead atoms. The third kappa shape index (κ3) is 7.16. The van der Waals surface area contributed by atoms with Crippen molar-refractivity contribution in [1.82, 2.24) is 14.5 Å². The molecule has 0 saturated heterocycles. The monoisotopic (exact) mass is 848 g/mol. The molecular formula is C60H63N3O. The van der Waals surface area contributed by atoms with Gasteiger partial charge in [0.1, 0.15) is 11.6 Å². The first-order valence-electron chi connectivity index (χ1n) is 25.4. The number of hydrogen-bond acceptors (Lipinski definition) is 3. The summed E-state index contributed by atoms with van der Waals surface area (Å²) in [6.07, 6.45) is 1.80. The lowest BCUT2D eigenvalue weighted by Gasteiger charge is -2.36. The van der Waals surface area contributed by atoms with Crippen molar-refractivity contribution in [3.63, 3.8) is 0 Å². The Morgan fingerprint density at radius 1 is 0.688 bits per heavy atom. The van der Waals surface area contributed by atoms with Gasteiger partial charge in [-0.15, -0.1) is 0 Å². The minimum absolute atomic E-state index is 0.00299. The Morgan fingerprint density at radius 2 is 1.31 bits per heavy atom. The highest BCUT2D eigenvalue weighted by Gasteiger charge is 2.52. The molecule has 64 heavy (non-hydrogen) atoms. The van der Waals surface area contributed by atoms with E-state index < -0.39 is 35.4 Å². The maximum atomic E-state index is 11.6. The van der Waals surface area contributed by atoms with E-state index in [9.17, 15) is 6.48 Å². The normalized spacial score (nSPS) is 18.7. The lowest BCUT2D eigenvalue weighted by molar-refractivity contribution is 0.330. The molecule has 0 saturated carbocycles. The first kappa shape index (κ1) is 36.1. The number of para-hydroxylation sites is 2. The maximum Gasteiger partial charge on any atom is 0.149 e. The van der Waals surface area contributed by atoms with Crippen LogP contribution in [-0.4, -0.2) is 19.6 Å². The second-order valence-electron chi connectivity index (χ2n) is 20.1. The lowest BCUT2D eigenvalue weighted by atomic mass is 9.67. The minimum Gasteiger partial charge on any atom is -0.507 e. The molecular weight excluding hydrogens is 779 g/mol. The van der Waals surface area contributed by atoms with Gasteiger partial charge in [0.2, 0.25) is 0 Å². The van der Waals surface area contributed by atoms with Crippen molar-refractivity contribution in [1.29, 1.82) is 0 Å². The molecule has 6 aromatic carbocycles. The minimum atomic E-state index is -2.57. The maximum absolute atomic E-state index is 11.6. The molecule has 324 valence electrons. The fourth-order valence-corrected chi connectivity index (χ4v) is 10.4. The fraction of sp³-hybridized carbons (Fsp3) is 0.300. The summed E-state index contributed by atoms with van der Waals surface area (Å²) in [5.74, 6) is -2.63. The number of benzene rings is 6. The van der Waals surface area contributed by atoms with Gasteiger partial charge < -0.3 is 5.11 Å². The second-order valence-corrected chi connectivity index (χ2v) is 20.1. The zero-order chi connectivity index (χ0) is 50.7. The molecule has 8 aromatic rings. The number of imidazole rings is 1. The summed E-state index contributed by atoms with van der Waals surface area (Å²) in [7, 11) is 0. The molecule has 4 nitrogen and oxygen atoms in total. The quantitative estimate of drug-likeness (QED) is 0.166. The molecule has 2 aromatic heterocycles. The predicted molar refractivity (Wildman–Crippen MR) is 269 cm³/mol. The number of hydrogen-bond donors (Lipinski definition) is 1. The number of phenolic OH excluding ortho intramolecular Hbond substituents is 1. The van der Waals surface area contributed by atoms with Crippen molar-refractivity contribution >= 4 is 11.0 Å². The van der Waals surface area contributed by atoms with Gasteiger partial charge in [-0.2, -0.15) is 0 Å². The van der Waals surface area contributed by atoms with Crippen LogP contribution in [0.1, 0.15) is 141 Å². The summed E-state index contributed by atoms with van der Waals surface area (Å²) >= 11 is 0.